The zero-order valence-electron chi connectivity index (χ0n) is 16.6. The topological polar surface area (TPSA) is 32.3 Å². The smallest absolute Gasteiger partial charge is 0.0447 e. The first-order valence-corrected chi connectivity index (χ1v) is 10.1. The number of anilines is 1. The van der Waals surface area contributed by atoms with E-state index in [0.29, 0.717) is 0 Å². The lowest BCUT2D eigenvalue weighted by Crippen LogP contribution is -2.03. The number of nitrogens with one attached hydrogen (secondary N) is 1. The highest BCUT2D eigenvalue weighted by Crippen LogP contribution is 2.31. The fraction of sp³-hybridized carbons (Fsp3) is 0.231. The predicted molar refractivity (Wildman–Crippen MR) is 120 cm³/mol. The molecule has 2 heteroatoms. The normalized spacial score (nSPS) is 11.8. The number of benzene rings is 3. The zero-order chi connectivity index (χ0) is 19.6. The molecule has 0 spiro atoms. The SMILES string of the molecule is CCC(Cc1ccccc1)=C(c1ccccc1)c1ccc(NCCCO)cc1. The molecule has 0 aliphatic carbocycles. The quantitative estimate of drug-likeness (QED) is 0.457. The first-order chi connectivity index (χ1) is 13.8. The van der Waals surface area contributed by atoms with Crippen molar-refractivity contribution < 1.29 is 5.11 Å². The molecule has 2 N–H and O–H groups in total. The summed E-state index contributed by atoms with van der Waals surface area (Å²) in [6.45, 7) is 3.24. The van der Waals surface area contributed by atoms with E-state index in [0.717, 1.165) is 31.5 Å². The Morgan fingerprint density at radius 3 is 2.00 bits per heavy atom. The van der Waals surface area contributed by atoms with Gasteiger partial charge in [-0.25, -0.2) is 0 Å². The van der Waals surface area contributed by atoms with E-state index in [2.05, 4.69) is 97.2 Å². The lowest BCUT2D eigenvalue weighted by atomic mass is 9.88. The molecule has 0 saturated carbocycles. The summed E-state index contributed by atoms with van der Waals surface area (Å²) in [6.07, 6.45) is 2.72. The molecule has 2 nitrogen and oxygen atoms in total. The van der Waals surface area contributed by atoms with E-state index in [1.54, 1.807) is 0 Å². The first-order valence-electron chi connectivity index (χ1n) is 10.1. The van der Waals surface area contributed by atoms with Gasteiger partial charge in [-0.05, 0) is 53.7 Å². The van der Waals surface area contributed by atoms with Gasteiger partial charge in [0.1, 0.15) is 0 Å². The van der Waals surface area contributed by atoms with Crippen molar-refractivity contribution in [1.29, 1.82) is 0 Å². The Morgan fingerprint density at radius 1 is 0.786 bits per heavy atom. The van der Waals surface area contributed by atoms with Crippen LogP contribution in [0.3, 0.4) is 0 Å². The van der Waals surface area contributed by atoms with E-state index < -0.39 is 0 Å². The maximum atomic E-state index is 8.95. The Bertz CT molecular complexity index is 867. The second kappa shape index (κ2) is 10.5. The minimum Gasteiger partial charge on any atom is -0.396 e. The van der Waals surface area contributed by atoms with Crippen LogP contribution in [-0.2, 0) is 6.42 Å². The maximum Gasteiger partial charge on any atom is 0.0447 e. The van der Waals surface area contributed by atoms with Gasteiger partial charge in [0.05, 0.1) is 0 Å². The maximum absolute atomic E-state index is 8.95. The monoisotopic (exact) mass is 371 g/mol. The number of rotatable bonds is 9. The van der Waals surface area contributed by atoms with Crippen LogP contribution in [0.1, 0.15) is 36.5 Å². The molecule has 0 saturated heterocycles. The average Bonchev–Trinajstić information content (AvgIpc) is 2.76. The Balaban J connectivity index is 1.97. The van der Waals surface area contributed by atoms with E-state index in [9.17, 15) is 0 Å². The van der Waals surface area contributed by atoms with E-state index in [4.69, 9.17) is 5.11 Å². The van der Waals surface area contributed by atoms with Crippen LogP contribution in [-0.4, -0.2) is 18.3 Å². The van der Waals surface area contributed by atoms with Gasteiger partial charge in [0, 0.05) is 18.8 Å². The summed E-state index contributed by atoms with van der Waals surface area (Å²) >= 11 is 0. The zero-order valence-corrected chi connectivity index (χ0v) is 16.6. The van der Waals surface area contributed by atoms with Gasteiger partial charge in [0.2, 0.25) is 0 Å². The Morgan fingerprint density at radius 2 is 1.39 bits per heavy atom. The molecule has 3 rings (SSSR count). The van der Waals surface area contributed by atoms with Crippen LogP contribution in [0.4, 0.5) is 5.69 Å². The van der Waals surface area contributed by atoms with Crippen LogP contribution in [0.25, 0.3) is 5.57 Å². The van der Waals surface area contributed by atoms with Crippen molar-refractivity contribution in [3.63, 3.8) is 0 Å². The second-order valence-corrected chi connectivity index (χ2v) is 6.94. The Kier molecular flexibility index (Phi) is 7.45. The summed E-state index contributed by atoms with van der Waals surface area (Å²) < 4.78 is 0. The summed E-state index contributed by atoms with van der Waals surface area (Å²) in [4.78, 5) is 0. The van der Waals surface area contributed by atoms with Gasteiger partial charge in [-0.15, -0.1) is 0 Å². The van der Waals surface area contributed by atoms with Crippen LogP contribution in [0.2, 0.25) is 0 Å². The van der Waals surface area contributed by atoms with Gasteiger partial charge in [-0.1, -0.05) is 85.3 Å². The third-order valence-corrected chi connectivity index (χ3v) is 4.94. The van der Waals surface area contributed by atoms with Crippen molar-refractivity contribution in [2.45, 2.75) is 26.2 Å². The summed E-state index contributed by atoms with van der Waals surface area (Å²) in [6, 6.07) is 30.0. The van der Waals surface area contributed by atoms with Crippen LogP contribution in [0, 0.1) is 0 Å². The molecular weight excluding hydrogens is 342 g/mol. The molecule has 3 aromatic carbocycles. The summed E-state index contributed by atoms with van der Waals surface area (Å²) in [5.74, 6) is 0. The molecule has 0 heterocycles. The van der Waals surface area contributed by atoms with Crippen molar-refractivity contribution in [3.05, 3.63) is 107 Å². The lowest BCUT2D eigenvalue weighted by molar-refractivity contribution is 0.292. The van der Waals surface area contributed by atoms with Gasteiger partial charge in [0.15, 0.2) is 0 Å². The van der Waals surface area contributed by atoms with Crippen molar-refractivity contribution >= 4 is 11.3 Å². The predicted octanol–water partition coefficient (Wildman–Crippen LogP) is 5.94. The third-order valence-electron chi connectivity index (χ3n) is 4.94. The van der Waals surface area contributed by atoms with Crippen molar-refractivity contribution in [2.75, 3.05) is 18.5 Å². The number of aliphatic hydroxyl groups excluding tert-OH is 1. The van der Waals surface area contributed by atoms with Crippen LogP contribution in [0.5, 0.6) is 0 Å². The van der Waals surface area contributed by atoms with Crippen LogP contribution in [0.15, 0.2) is 90.5 Å². The molecule has 0 fully saturated rings. The molecule has 0 aliphatic rings. The fourth-order valence-electron chi connectivity index (χ4n) is 3.48. The molecule has 144 valence electrons. The largest absolute Gasteiger partial charge is 0.396 e. The van der Waals surface area contributed by atoms with Crippen molar-refractivity contribution in [3.8, 4) is 0 Å². The van der Waals surface area contributed by atoms with Gasteiger partial charge in [0.25, 0.3) is 0 Å². The van der Waals surface area contributed by atoms with Gasteiger partial charge in [-0.2, -0.15) is 0 Å². The van der Waals surface area contributed by atoms with Gasteiger partial charge >= 0.3 is 0 Å². The summed E-state index contributed by atoms with van der Waals surface area (Å²) in [5, 5.41) is 12.3. The summed E-state index contributed by atoms with van der Waals surface area (Å²) in [7, 11) is 0. The molecule has 3 aromatic rings. The van der Waals surface area contributed by atoms with E-state index in [1.807, 2.05) is 0 Å². The molecule has 0 aliphatic heterocycles. The van der Waals surface area contributed by atoms with Crippen LogP contribution < -0.4 is 5.32 Å². The molecule has 0 bridgehead atoms. The minimum atomic E-state index is 0.214. The molecule has 0 radical (unpaired) electrons. The molecule has 28 heavy (non-hydrogen) atoms. The van der Waals surface area contributed by atoms with E-state index >= 15 is 0 Å². The van der Waals surface area contributed by atoms with Crippen molar-refractivity contribution in [1.82, 2.24) is 0 Å². The molecule has 0 unspecified atom stereocenters. The van der Waals surface area contributed by atoms with E-state index in [-0.39, 0.29) is 6.61 Å². The van der Waals surface area contributed by atoms with Gasteiger partial charge < -0.3 is 10.4 Å². The fourth-order valence-corrected chi connectivity index (χ4v) is 3.48. The van der Waals surface area contributed by atoms with Crippen molar-refractivity contribution in [2.24, 2.45) is 0 Å². The minimum absolute atomic E-state index is 0.214. The number of allylic oxidation sites excluding steroid dienone is 1. The molecule has 0 aromatic heterocycles. The highest BCUT2D eigenvalue weighted by molar-refractivity contribution is 5.83. The summed E-state index contributed by atoms with van der Waals surface area (Å²) in [5.41, 5.74) is 7.70. The second-order valence-electron chi connectivity index (χ2n) is 6.94. The lowest BCUT2D eigenvalue weighted by Gasteiger charge is -2.17. The van der Waals surface area contributed by atoms with E-state index in [1.165, 1.54) is 27.8 Å². The standard InChI is InChI=1S/C26H29NO/c1-2-22(20-21-10-5-3-6-11-21)26(23-12-7-4-8-13-23)24-14-16-25(17-15-24)27-18-9-19-28/h3-8,10-17,27-28H,2,9,18-20H2,1H3. The number of aliphatic hydroxyl groups is 1. The number of hydrogen-bond acceptors (Lipinski definition) is 2. The highest BCUT2D eigenvalue weighted by Gasteiger charge is 2.12. The van der Waals surface area contributed by atoms with Gasteiger partial charge in [-0.3, -0.25) is 0 Å². The molecule has 0 atom stereocenters. The average molecular weight is 372 g/mol. The molecular formula is C26H29NO. The third kappa shape index (κ3) is 5.34. The Hall–Kier alpha value is -2.84. The highest BCUT2D eigenvalue weighted by atomic mass is 16.3. The molecule has 0 amide bonds. The van der Waals surface area contributed by atoms with Crippen LogP contribution >= 0.6 is 0 Å². The first kappa shape index (κ1) is 19.9. The Labute approximate surface area is 168 Å². The number of hydrogen-bond donors (Lipinski definition) is 2.